The Morgan fingerprint density at radius 1 is 1.35 bits per heavy atom. The quantitative estimate of drug-likeness (QED) is 0.898. The number of likely N-dealkylation sites (tertiary alicyclic amines) is 1. The van der Waals surface area contributed by atoms with Crippen molar-refractivity contribution in [2.45, 2.75) is 38.6 Å². The monoisotopic (exact) mass is 272 g/mol. The lowest BCUT2D eigenvalue weighted by molar-refractivity contribution is 0.285. The first kappa shape index (κ1) is 13.4. The van der Waals surface area contributed by atoms with Gasteiger partial charge in [0.1, 0.15) is 0 Å². The number of hydrogen-bond donors (Lipinski definition) is 2. The molecule has 0 aliphatic carbocycles. The fraction of sp³-hybridized carbons (Fsp3) is 0.562. The number of anilines is 1. The van der Waals surface area contributed by atoms with Gasteiger partial charge >= 0.3 is 0 Å². The number of aromatic amines is 1. The standard InChI is InChI=1S/C16H24N4/c1-2-8-20-9-3-4-14(7-10-20)18-15-6-5-13-12-17-19-16(13)11-15/h5-6,11-12,14,18H,2-4,7-10H2,1H3,(H,17,19). The van der Waals surface area contributed by atoms with Gasteiger partial charge in [-0.3, -0.25) is 5.10 Å². The normalized spacial score (nSPS) is 20.9. The third-order valence-corrected chi connectivity index (χ3v) is 4.17. The van der Waals surface area contributed by atoms with Gasteiger partial charge in [0.05, 0.1) is 11.7 Å². The number of nitrogens with one attached hydrogen (secondary N) is 2. The highest BCUT2D eigenvalue weighted by Crippen LogP contribution is 2.20. The van der Waals surface area contributed by atoms with E-state index in [-0.39, 0.29) is 0 Å². The molecule has 1 aromatic carbocycles. The maximum absolute atomic E-state index is 4.08. The highest BCUT2D eigenvalue weighted by atomic mass is 15.1. The summed E-state index contributed by atoms with van der Waals surface area (Å²) < 4.78 is 0. The maximum atomic E-state index is 4.08. The van der Waals surface area contributed by atoms with Crippen molar-refractivity contribution in [2.75, 3.05) is 25.0 Å². The second-order valence-electron chi connectivity index (χ2n) is 5.79. The minimum absolute atomic E-state index is 0.595. The molecule has 108 valence electrons. The topological polar surface area (TPSA) is 44.0 Å². The first-order valence-electron chi connectivity index (χ1n) is 7.77. The number of benzene rings is 1. The van der Waals surface area contributed by atoms with E-state index in [0.29, 0.717) is 6.04 Å². The van der Waals surface area contributed by atoms with E-state index in [0.717, 1.165) is 5.52 Å². The van der Waals surface area contributed by atoms with Crippen LogP contribution in [-0.2, 0) is 0 Å². The Balaban J connectivity index is 1.62. The number of hydrogen-bond acceptors (Lipinski definition) is 3. The summed E-state index contributed by atoms with van der Waals surface area (Å²) >= 11 is 0. The molecule has 1 aromatic heterocycles. The van der Waals surface area contributed by atoms with Gasteiger partial charge in [0.25, 0.3) is 0 Å². The Hall–Kier alpha value is -1.55. The van der Waals surface area contributed by atoms with E-state index in [4.69, 9.17) is 0 Å². The Morgan fingerprint density at radius 3 is 3.20 bits per heavy atom. The molecule has 3 rings (SSSR count). The molecule has 20 heavy (non-hydrogen) atoms. The molecule has 2 heterocycles. The fourth-order valence-electron chi connectivity index (χ4n) is 3.10. The summed E-state index contributed by atoms with van der Waals surface area (Å²) in [4.78, 5) is 2.60. The van der Waals surface area contributed by atoms with Gasteiger partial charge in [-0.2, -0.15) is 5.10 Å². The molecular weight excluding hydrogens is 248 g/mol. The summed E-state index contributed by atoms with van der Waals surface area (Å²) in [6.45, 7) is 5.98. The molecule has 1 aliphatic rings. The van der Waals surface area contributed by atoms with Gasteiger partial charge in [-0.05, 0) is 57.0 Å². The zero-order valence-corrected chi connectivity index (χ0v) is 12.2. The molecule has 1 fully saturated rings. The molecule has 1 saturated heterocycles. The van der Waals surface area contributed by atoms with Crippen molar-refractivity contribution < 1.29 is 0 Å². The summed E-state index contributed by atoms with van der Waals surface area (Å²) in [6, 6.07) is 7.04. The van der Waals surface area contributed by atoms with Crippen LogP contribution in [-0.4, -0.2) is 40.8 Å². The Morgan fingerprint density at radius 2 is 2.30 bits per heavy atom. The van der Waals surface area contributed by atoms with Crippen LogP contribution in [0.15, 0.2) is 24.4 Å². The van der Waals surface area contributed by atoms with Crippen molar-refractivity contribution in [3.63, 3.8) is 0 Å². The van der Waals surface area contributed by atoms with Crippen LogP contribution in [0.4, 0.5) is 5.69 Å². The molecule has 0 bridgehead atoms. The van der Waals surface area contributed by atoms with Crippen LogP contribution in [0.2, 0.25) is 0 Å². The highest BCUT2D eigenvalue weighted by molar-refractivity contribution is 5.81. The van der Waals surface area contributed by atoms with Crippen molar-refractivity contribution >= 4 is 16.6 Å². The molecule has 0 amide bonds. The van der Waals surface area contributed by atoms with Crippen LogP contribution >= 0.6 is 0 Å². The smallest absolute Gasteiger partial charge is 0.0670 e. The van der Waals surface area contributed by atoms with E-state index in [2.05, 4.69) is 45.5 Å². The molecule has 0 spiro atoms. The fourth-order valence-corrected chi connectivity index (χ4v) is 3.10. The van der Waals surface area contributed by atoms with Gasteiger partial charge in [-0.25, -0.2) is 0 Å². The van der Waals surface area contributed by atoms with Gasteiger partial charge in [-0.15, -0.1) is 0 Å². The molecule has 0 radical (unpaired) electrons. The van der Waals surface area contributed by atoms with Crippen LogP contribution in [0.3, 0.4) is 0 Å². The minimum atomic E-state index is 0.595. The second kappa shape index (κ2) is 6.27. The molecule has 2 aromatic rings. The maximum Gasteiger partial charge on any atom is 0.0670 e. The Kier molecular flexibility index (Phi) is 4.21. The first-order valence-corrected chi connectivity index (χ1v) is 7.77. The zero-order valence-electron chi connectivity index (χ0n) is 12.2. The lowest BCUT2D eigenvalue weighted by Crippen LogP contribution is -2.27. The molecule has 0 saturated carbocycles. The van der Waals surface area contributed by atoms with Gasteiger partial charge in [-0.1, -0.05) is 6.92 Å². The zero-order chi connectivity index (χ0) is 13.8. The Labute approximate surface area is 120 Å². The predicted molar refractivity (Wildman–Crippen MR) is 84.1 cm³/mol. The largest absolute Gasteiger partial charge is 0.382 e. The van der Waals surface area contributed by atoms with Crippen LogP contribution in [0, 0.1) is 0 Å². The van der Waals surface area contributed by atoms with E-state index in [1.165, 1.54) is 56.4 Å². The Bertz CT molecular complexity index is 548. The summed E-state index contributed by atoms with van der Waals surface area (Å²) in [6.07, 6.45) is 6.92. The average Bonchev–Trinajstić information content (AvgIpc) is 2.81. The average molecular weight is 272 g/mol. The lowest BCUT2D eigenvalue weighted by atomic mass is 10.1. The molecule has 1 atom stereocenters. The van der Waals surface area contributed by atoms with Crippen molar-refractivity contribution in [2.24, 2.45) is 0 Å². The predicted octanol–water partition coefficient (Wildman–Crippen LogP) is 3.24. The van der Waals surface area contributed by atoms with Gasteiger partial charge in [0.2, 0.25) is 0 Å². The third kappa shape index (κ3) is 3.12. The second-order valence-corrected chi connectivity index (χ2v) is 5.79. The van der Waals surface area contributed by atoms with Crippen molar-refractivity contribution in [3.05, 3.63) is 24.4 Å². The molecule has 4 nitrogen and oxygen atoms in total. The van der Waals surface area contributed by atoms with E-state index in [1.807, 2.05) is 6.20 Å². The van der Waals surface area contributed by atoms with E-state index >= 15 is 0 Å². The molecule has 4 heteroatoms. The van der Waals surface area contributed by atoms with Crippen LogP contribution < -0.4 is 5.32 Å². The molecule has 1 unspecified atom stereocenters. The summed E-state index contributed by atoms with van der Waals surface area (Å²) in [5, 5.41) is 12.0. The number of aromatic nitrogens is 2. The van der Waals surface area contributed by atoms with E-state index in [9.17, 15) is 0 Å². The van der Waals surface area contributed by atoms with Gasteiger partial charge < -0.3 is 10.2 Å². The van der Waals surface area contributed by atoms with Crippen LogP contribution in [0.1, 0.15) is 32.6 Å². The number of fused-ring (bicyclic) bond motifs is 1. The summed E-state index contributed by atoms with van der Waals surface area (Å²) in [5.74, 6) is 0. The van der Waals surface area contributed by atoms with Crippen molar-refractivity contribution in [1.82, 2.24) is 15.1 Å². The number of rotatable bonds is 4. The molecule has 2 N–H and O–H groups in total. The van der Waals surface area contributed by atoms with Crippen LogP contribution in [0.25, 0.3) is 10.9 Å². The summed E-state index contributed by atoms with van der Waals surface area (Å²) in [5.41, 5.74) is 2.31. The molecular formula is C16H24N4. The van der Waals surface area contributed by atoms with E-state index in [1.54, 1.807) is 0 Å². The van der Waals surface area contributed by atoms with Crippen molar-refractivity contribution in [3.8, 4) is 0 Å². The number of H-pyrrole nitrogens is 1. The lowest BCUT2D eigenvalue weighted by Gasteiger charge is -2.20. The van der Waals surface area contributed by atoms with Gasteiger partial charge in [0.15, 0.2) is 0 Å². The van der Waals surface area contributed by atoms with E-state index < -0.39 is 0 Å². The summed E-state index contributed by atoms with van der Waals surface area (Å²) in [7, 11) is 0. The first-order chi connectivity index (χ1) is 9.85. The SMILES string of the molecule is CCCN1CCCC(Nc2ccc3cn[nH]c3c2)CC1. The van der Waals surface area contributed by atoms with Crippen molar-refractivity contribution in [1.29, 1.82) is 0 Å². The molecule has 1 aliphatic heterocycles. The number of nitrogens with zero attached hydrogens (tertiary/aromatic N) is 2. The third-order valence-electron chi connectivity index (χ3n) is 4.17. The minimum Gasteiger partial charge on any atom is -0.382 e. The highest BCUT2D eigenvalue weighted by Gasteiger charge is 2.16. The van der Waals surface area contributed by atoms with Crippen LogP contribution in [0.5, 0.6) is 0 Å². The van der Waals surface area contributed by atoms with Gasteiger partial charge in [0, 0.05) is 23.7 Å².